The van der Waals surface area contributed by atoms with Crippen molar-refractivity contribution in [1.82, 2.24) is 5.32 Å². The average Bonchev–Trinajstić information content (AvgIpc) is 3.02. The van der Waals surface area contributed by atoms with Crippen molar-refractivity contribution in [3.63, 3.8) is 0 Å². The predicted molar refractivity (Wildman–Crippen MR) is 90.2 cm³/mol. The van der Waals surface area contributed by atoms with E-state index >= 15 is 0 Å². The Morgan fingerprint density at radius 1 is 1.30 bits per heavy atom. The Morgan fingerprint density at radius 3 is 2.83 bits per heavy atom. The fourth-order valence-electron chi connectivity index (χ4n) is 2.37. The summed E-state index contributed by atoms with van der Waals surface area (Å²) in [6.45, 7) is 0.137. The molecular formula is C16H20F3NOS2. The van der Waals surface area contributed by atoms with Crippen LogP contribution in [0, 0.1) is 0 Å². The van der Waals surface area contributed by atoms with E-state index in [1.54, 1.807) is 6.07 Å². The van der Waals surface area contributed by atoms with E-state index < -0.39 is 11.7 Å². The maximum Gasteiger partial charge on any atom is 0.416 e. The van der Waals surface area contributed by atoms with Crippen molar-refractivity contribution < 1.29 is 18.0 Å². The van der Waals surface area contributed by atoms with Gasteiger partial charge in [-0.25, -0.2) is 0 Å². The van der Waals surface area contributed by atoms with Crippen LogP contribution in [-0.4, -0.2) is 16.9 Å². The zero-order valence-electron chi connectivity index (χ0n) is 12.7. The standard InChI is InChI=1S/C16H20F3NOS2/c17-16(18,19)13-5-3-4-12(10-13)11-20-15(21)7-2-1-6-14-8-9-22-23-14/h3-5,10,14H,1-2,6-9,11H2,(H,20,21). The molecule has 1 atom stereocenters. The molecule has 1 N–H and O–H groups in total. The number of halogens is 3. The maximum absolute atomic E-state index is 12.6. The smallest absolute Gasteiger partial charge is 0.352 e. The third-order valence-electron chi connectivity index (χ3n) is 3.65. The van der Waals surface area contributed by atoms with Crippen LogP contribution in [-0.2, 0) is 17.5 Å². The van der Waals surface area contributed by atoms with Gasteiger partial charge in [0.25, 0.3) is 0 Å². The fraction of sp³-hybridized carbons (Fsp3) is 0.562. The van der Waals surface area contributed by atoms with Crippen LogP contribution in [0.5, 0.6) is 0 Å². The van der Waals surface area contributed by atoms with Crippen LogP contribution in [0.4, 0.5) is 13.2 Å². The highest BCUT2D eigenvalue weighted by Crippen LogP contribution is 2.39. The topological polar surface area (TPSA) is 29.1 Å². The minimum Gasteiger partial charge on any atom is -0.352 e. The Balaban J connectivity index is 1.65. The number of alkyl halides is 3. The van der Waals surface area contributed by atoms with E-state index in [-0.39, 0.29) is 12.5 Å². The van der Waals surface area contributed by atoms with Gasteiger partial charge >= 0.3 is 6.18 Å². The van der Waals surface area contributed by atoms with Crippen LogP contribution in [0.25, 0.3) is 0 Å². The zero-order valence-corrected chi connectivity index (χ0v) is 14.3. The Labute approximate surface area is 142 Å². The second-order valence-corrected chi connectivity index (χ2v) is 8.34. The molecule has 1 aromatic rings. The van der Waals surface area contributed by atoms with Crippen molar-refractivity contribution in [1.29, 1.82) is 0 Å². The lowest BCUT2D eigenvalue weighted by atomic mass is 10.1. The van der Waals surface area contributed by atoms with Crippen LogP contribution in [0.1, 0.15) is 43.2 Å². The van der Waals surface area contributed by atoms with E-state index in [9.17, 15) is 18.0 Å². The van der Waals surface area contributed by atoms with E-state index in [0.717, 1.165) is 31.4 Å². The van der Waals surface area contributed by atoms with Crippen molar-refractivity contribution in [2.75, 3.05) is 5.75 Å². The van der Waals surface area contributed by atoms with Gasteiger partial charge in [-0.1, -0.05) is 40.1 Å². The molecule has 0 aromatic heterocycles. The first-order valence-electron chi connectivity index (χ1n) is 7.66. The van der Waals surface area contributed by atoms with Gasteiger partial charge in [0.1, 0.15) is 0 Å². The Hall–Kier alpha value is -0.820. The number of rotatable bonds is 7. The second kappa shape index (κ2) is 8.87. The first kappa shape index (κ1) is 18.5. The molecule has 2 nitrogen and oxygen atoms in total. The molecule has 0 saturated carbocycles. The highest BCUT2D eigenvalue weighted by Gasteiger charge is 2.30. The average molecular weight is 363 g/mol. The van der Waals surface area contributed by atoms with Crippen molar-refractivity contribution in [3.8, 4) is 0 Å². The van der Waals surface area contributed by atoms with Crippen LogP contribution in [0.3, 0.4) is 0 Å². The van der Waals surface area contributed by atoms with Gasteiger partial charge in [-0.3, -0.25) is 4.79 Å². The summed E-state index contributed by atoms with van der Waals surface area (Å²) < 4.78 is 37.8. The van der Waals surface area contributed by atoms with E-state index in [1.807, 2.05) is 21.6 Å². The third kappa shape index (κ3) is 6.67. The number of benzene rings is 1. The summed E-state index contributed by atoms with van der Waals surface area (Å²) in [6, 6.07) is 5.06. The summed E-state index contributed by atoms with van der Waals surface area (Å²) in [5.74, 6) is 1.11. The molecule has 1 amide bonds. The molecule has 0 aliphatic carbocycles. The van der Waals surface area contributed by atoms with Crippen LogP contribution < -0.4 is 5.32 Å². The Kier molecular flexibility index (Phi) is 7.14. The largest absolute Gasteiger partial charge is 0.416 e. The Bertz CT molecular complexity index is 516. The highest BCUT2D eigenvalue weighted by atomic mass is 33.1. The number of hydrogen-bond donors (Lipinski definition) is 1. The number of unbranched alkanes of at least 4 members (excludes halogenated alkanes) is 1. The number of nitrogens with one attached hydrogen (secondary N) is 1. The zero-order chi connectivity index (χ0) is 16.7. The molecule has 0 radical (unpaired) electrons. The normalized spacial score (nSPS) is 18.1. The molecule has 1 aliphatic rings. The lowest BCUT2D eigenvalue weighted by Gasteiger charge is -2.10. The van der Waals surface area contributed by atoms with Crippen LogP contribution in [0.2, 0.25) is 0 Å². The van der Waals surface area contributed by atoms with E-state index in [1.165, 1.54) is 18.2 Å². The molecule has 2 rings (SSSR count). The SMILES string of the molecule is O=C(CCCCC1CCSS1)NCc1cccc(C(F)(F)F)c1. The van der Waals surface area contributed by atoms with E-state index in [2.05, 4.69) is 5.32 Å². The van der Waals surface area contributed by atoms with Crippen molar-refractivity contribution in [2.24, 2.45) is 0 Å². The summed E-state index contributed by atoms with van der Waals surface area (Å²) in [5, 5.41) is 3.41. The van der Waals surface area contributed by atoms with Gasteiger partial charge in [0.2, 0.25) is 5.91 Å². The van der Waals surface area contributed by atoms with Gasteiger partial charge in [0, 0.05) is 24.0 Å². The fourth-order valence-corrected chi connectivity index (χ4v) is 5.40. The molecule has 23 heavy (non-hydrogen) atoms. The monoisotopic (exact) mass is 363 g/mol. The van der Waals surface area contributed by atoms with E-state index in [4.69, 9.17) is 0 Å². The van der Waals surface area contributed by atoms with Crippen LogP contribution in [0.15, 0.2) is 24.3 Å². The van der Waals surface area contributed by atoms with Gasteiger partial charge in [0.05, 0.1) is 5.56 Å². The summed E-state index contributed by atoms with van der Waals surface area (Å²) >= 11 is 0. The van der Waals surface area contributed by atoms with Gasteiger partial charge in [-0.05, 0) is 37.0 Å². The number of carbonyl (C=O) groups is 1. The summed E-state index contributed by atoms with van der Waals surface area (Å²) in [6.07, 6.45) is 0.320. The summed E-state index contributed by atoms with van der Waals surface area (Å²) in [7, 11) is 3.85. The molecule has 1 saturated heterocycles. The molecule has 1 fully saturated rings. The molecule has 1 aromatic carbocycles. The number of carbonyl (C=O) groups excluding carboxylic acids is 1. The van der Waals surface area contributed by atoms with Gasteiger partial charge < -0.3 is 5.32 Å². The first-order chi connectivity index (χ1) is 10.9. The molecular weight excluding hydrogens is 343 g/mol. The lowest BCUT2D eigenvalue weighted by Crippen LogP contribution is -2.22. The predicted octanol–water partition coefficient (Wildman–Crippen LogP) is 5.04. The quantitative estimate of drug-likeness (QED) is 0.544. The summed E-state index contributed by atoms with van der Waals surface area (Å²) in [5.41, 5.74) is -0.219. The van der Waals surface area contributed by atoms with Gasteiger partial charge in [0.15, 0.2) is 0 Å². The van der Waals surface area contributed by atoms with Crippen molar-refractivity contribution in [3.05, 3.63) is 35.4 Å². The third-order valence-corrected chi connectivity index (χ3v) is 6.66. The van der Waals surface area contributed by atoms with Crippen molar-refractivity contribution in [2.45, 2.75) is 50.1 Å². The lowest BCUT2D eigenvalue weighted by molar-refractivity contribution is -0.137. The van der Waals surface area contributed by atoms with Crippen molar-refractivity contribution >= 4 is 27.5 Å². The number of amides is 1. The minimum atomic E-state index is -4.35. The molecule has 1 aliphatic heterocycles. The second-order valence-electron chi connectivity index (χ2n) is 5.55. The number of hydrogen-bond acceptors (Lipinski definition) is 3. The first-order valence-corrected chi connectivity index (χ1v) is 10.0. The molecule has 1 unspecified atom stereocenters. The molecule has 7 heteroatoms. The maximum atomic E-state index is 12.6. The molecule has 128 valence electrons. The molecule has 0 spiro atoms. The van der Waals surface area contributed by atoms with Gasteiger partial charge in [-0.2, -0.15) is 13.2 Å². The molecule has 1 heterocycles. The highest BCUT2D eigenvalue weighted by molar-refractivity contribution is 8.77. The summed E-state index contributed by atoms with van der Waals surface area (Å²) in [4.78, 5) is 11.8. The molecule has 0 bridgehead atoms. The minimum absolute atomic E-state index is 0.101. The van der Waals surface area contributed by atoms with Gasteiger partial charge in [-0.15, -0.1) is 0 Å². The van der Waals surface area contributed by atoms with E-state index in [0.29, 0.717) is 17.2 Å². The Morgan fingerprint density at radius 2 is 2.13 bits per heavy atom. The van der Waals surface area contributed by atoms with Crippen LogP contribution >= 0.6 is 21.6 Å².